The molecule has 1 aliphatic rings. The molecule has 0 aliphatic carbocycles. The van der Waals surface area contributed by atoms with Gasteiger partial charge < -0.3 is 5.32 Å². The summed E-state index contributed by atoms with van der Waals surface area (Å²) in [7, 11) is 0. The number of amides is 1. The summed E-state index contributed by atoms with van der Waals surface area (Å²) >= 11 is 6.05. The van der Waals surface area contributed by atoms with E-state index in [9.17, 15) is 4.79 Å². The van der Waals surface area contributed by atoms with Crippen LogP contribution >= 0.6 is 11.6 Å². The molecule has 0 radical (unpaired) electrons. The van der Waals surface area contributed by atoms with Crippen LogP contribution in [0.1, 0.15) is 52.6 Å². The van der Waals surface area contributed by atoms with Crippen molar-refractivity contribution in [2.45, 2.75) is 52.6 Å². The Morgan fingerprint density at radius 2 is 1.90 bits per heavy atom. The van der Waals surface area contributed by atoms with E-state index in [0.717, 1.165) is 17.7 Å². The molecule has 1 heterocycles. The van der Waals surface area contributed by atoms with Crippen LogP contribution in [0.15, 0.2) is 18.2 Å². The lowest BCUT2D eigenvalue weighted by Crippen LogP contribution is -2.46. The maximum atomic E-state index is 12.2. The lowest BCUT2D eigenvalue weighted by molar-refractivity contribution is -0.118. The van der Waals surface area contributed by atoms with E-state index in [1.54, 1.807) is 6.07 Å². The highest BCUT2D eigenvalue weighted by Gasteiger charge is 2.36. The number of fused-ring (bicyclic) bond motifs is 1. The molecule has 0 aromatic heterocycles. The number of anilines is 1. The molecule has 20 heavy (non-hydrogen) atoms. The Kier molecular flexibility index (Phi) is 3.87. The van der Waals surface area contributed by atoms with Gasteiger partial charge in [0.15, 0.2) is 0 Å². The van der Waals surface area contributed by atoms with Gasteiger partial charge in [-0.2, -0.15) is 0 Å². The topological polar surface area (TPSA) is 41.1 Å². The SMILES string of the molecule is CC(C)(C)CC(C)(C)NC1C(=O)Nc2ccc(Cl)cc21. The van der Waals surface area contributed by atoms with E-state index in [1.165, 1.54) is 0 Å². The van der Waals surface area contributed by atoms with Gasteiger partial charge in [0.2, 0.25) is 5.91 Å². The second kappa shape index (κ2) is 5.05. The number of benzene rings is 1. The van der Waals surface area contributed by atoms with Crippen molar-refractivity contribution in [3.05, 3.63) is 28.8 Å². The van der Waals surface area contributed by atoms with Crippen molar-refractivity contribution in [3.63, 3.8) is 0 Å². The van der Waals surface area contributed by atoms with Gasteiger partial charge in [-0.05, 0) is 43.9 Å². The predicted octanol–water partition coefficient (Wildman–Crippen LogP) is 4.14. The second-order valence-electron chi connectivity index (χ2n) is 7.42. The maximum absolute atomic E-state index is 12.2. The van der Waals surface area contributed by atoms with Crippen molar-refractivity contribution in [2.24, 2.45) is 5.41 Å². The molecule has 1 atom stereocenters. The smallest absolute Gasteiger partial charge is 0.246 e. The average Bonchev–Trinajstić information content (AvgIpc) is 2.52. The van der Waals surface area contributed by atoms with E-state index in [-0.39, 0.29) is 22.9 Å². The van der Waals surface area contributed by atoms with E-state index in [0.29, 0.717) is 5.02 Å². The van der Waals surface area contributed by atoms with Crippen LogP contribution in [0.4, 0.5) is 5.69 Å². The van der Waals surface area contributed by atoms with Crippen molar-refractivity contribution in [1.29, 1.82) is 0 Å². The molecule has 0 spiro atoms. The Morgan fingerprint density at radius 3 is 2.50 bits per heavy atom. The first-order valence-corrected chi connectivity index (χ1v) is 7.33. The summed E-state index contributed by atoms with van der Waals surface area (Å²) in [4.78, 5) is 12.2. The van der Waals surface area contributed by atoms with E-state index in [2.05, 4.69) is 45.3 Å². The van der Waals surface area contributed by atoms with E-state index in [4.69, 9.17) is 11.6 Å². The van der Waals surface area contributed by atoms with Crippen LogP contribution in [0.5, 0.6) is 0 Å². The summed E-state index contributed by atoms with van der Waals surface area (Å²) in [6, 6.07) is 5.18. The largest absolute Gasteiger partial charge is 0.324 e. The Bertz CT molecular complexity index is 532. The van der Waals surface area contributed by atoms with Crippen LogP contribution in [0.25, 0.3) is 0 Å². The molecular weight excluding hydrogens is 272 g/mol. The quantitative estimate of drug-likeness (QED) is 0.880. The van der Waals surface area contributed by atoms with Crippen LogP contribution in [0.2, 0.25) is 5.02 Å². The van der Waals surface area contributed by atoms with Crippen LogP contribution in [0.3, 0.4) is 0 Å². The van der Waals surface area contributed by atoms with Crippen molar-refractivity contribution in [3.8, 4) is 0 Å². The van der Waals surface area contributed by atoms with Crippen LogP contribution < -0.4 is 10.6 Å². The minimum absolute atomic E-state index is 0.00995. The molecule has 3 nitrogen and oxygen atoms in total. The molecule has 4 heteroatoms. The average molecular weight is 295 g/mol. The van der Waals surface area contributed by atoms with Gasteiger partial charge in [-0.15, -0.1) is 0 Å². The van der Waals surface area contributed by atoms with Crippen molar-refractivity contribution in [1.82, 2.24) is 5.32 Å². The zero-order valence-electron chi connectivity index (χ0n) is 12.8. The molecule has 0 saturated carbocycles. The Labute approximate surface area is 126 Å². The minimum atomic E-state index is -0.332. The number of rotatable bonds is 3. The maximum Gasteiger partial charge on any atom is 0.246 e. The van der Waals surface area contributed by atoms with E-state index in [1.807, 2.05) is 12.1 Å². The zero-order chi connectivity index (χ0) is 15.1. The summed E-state index contributed by atoms with van der Waals surface area (Å²) in [6.07, 6.45) is 0.972. The van der Waals surface area contributed by atoms with Gasteiger partial charge in [-0.1, -0.05) is 32.4 Å². The lowest BCUT2D eigenvalue weighted by Gasteiger charge is -2.35. The number of nitrogens with one attached hydrogen (secondary N) is 2. The van der Waals surface area contributed by atoms with Gasteiger partial charge in [0.1, 0.15) is 6.04 Å². The van der Waals surface area contributed by atoms with Gasteiger partial charge in [0.25, 0.3) is 0 Å². The number of carbonyl (C=O) groups excluding carboxylic acids is 1. The molecule has 0 bridgehead atoms. The zero-order valence-corrected chi connectivity index (χ0v) is 13.6. The standard InChI is InChI=1S/C16H23ClN2O/c1-15(2,3)9-16(4,5)19-13-11-8-10(17)6-7-12(11)18-14(13)20/h6-8,13,19H,9H2,1-5H3,(H,18,20). The highest BCUT2D eigenvalue weighted by molar-refractivity contribution is 6.31. The molecule has 0 saturated heterocycles. The summed E-state index contributed by atoms with van der Waals surface area (Å²) in [5, 5.41) is 7.03. The fourth-order valence-electron chi connectivity index (χ4n) is 3.14. The lowest BCUT2D eigenvalue weighted by atomic mass is 9.81. The van der Waals surface area contributed by atoms with Crippen LogP contribution in [0, 0.1) is 5.41 Å². The third kappa shape index (κ3) is 3.53. The molecule has 1 unspecified atom stereocenters. The highest BCUT2D eigenvalue weighted by Crippen LogP contribution is 2.36. The first kappa shape index (κ1) is 15.3. The first-order chi connectivity index (χ1) is 9.07. The summed E-state index contributed by atoms with van der Waals surface area (Å²) in [6.45, 7) is 10.9. The van der Waals surface area contributed by atoms with Gasteiger partial charge in [0, 0.05) is 21.8 Å². The Hall–Kier alpha value is -1.06. The molecular formula is C16H23ClN2O. The molecule has 1 aliphatic heterocycles. The molecule has 110 valence electrons. The van der Waals surface area contributed by atoms with Crippen molar-refractivity contribution >= 4 is 23.2 Å². The third-order valence-corrected chi connectivity index (χ3v) is 3.59. The molecule has 1 aromatic rings. The van der Waals surface area contributed by atoms with Gasteiger partial charge in [-0.25, -0.2) is 0 Å². The summed E-state index contributed by atoms with van der Waals surface area (Å²) in [5.74, 6) is -0.00995. The predicted molar refractivity (Wildman–Crippen MR) is 84.1 cm³/mol. The molecule has 2 rings (SSSR count). The van der Waals surface area contributed by atoms with E-state index >= 15 is 0 Å². The van der Waals surface area contributed by atoms with E-state index < -0.39 is 0 Å². The third-order valence-electron chi connectivity index (χ3n) is 3.35. The molecule has 1 amide bonds. The number of carbonyl (C=O) groups is 1. The van der Waals surface area contributed by atoms with Crippen LogP contribution in [-0.2, 0) is 4.79 Å². The summed E-state index contributed by atoms with van der Waals surface area (Å²) < 4.78 is 0. The minimum Gasteiger partial charge on any atom is -0.324 e. The molecule has 0 fully saturated rings. The molecule has 2 N–H and O–H groups in total. The van der Waals surface area contributed by atoms with Gasteiger partial charge in [0.05, 0.1) is 0 Å². The molecule has 1 aromatic carbocycles. The Morgan fingerprint density at radius 1 is 1.25 bits per heavy atom. The normalized spacial score (nSPS) is 18.9. The fraction of sp³-hybridized carbons (Fsp3) is 0.562. The first-order valence-electron chi connectivity index (χ1n) is 6.95. The highest BCUT2D eigenvalue weighted by atomic mass is 35.5. The monoisotopic (exact) mass is 294 g/mol. The fourth-order valence-corrected chi connectivity index (χ4v) is 3.32. The van der Waals surface area contributed by atoms with Crippen molar-refractivity contribution < 1.29 is 4.79 Å². The van der Waals surface area contributed by atoms with Crippen LogP contribution in [-0.4, -0.2) is 11.4 Å². The summed E-state index contributed by atoms with van der Waals surface area (Å²) in [5.41, 5.74) is 1.85. The van der Waals surface area contributed by atoms with Gasteiger partial charge >= 0.3 is 0 Å². The number of halogens is 1. The number of hydrogen-bond donors (Lipinski definition) is 2. The van der Waals surface area contributed by atoms with Gasteiger partial charge in [-0.3, -0.25) is 10.1 Å². The number of hydrogen-bond acceptors (Lipinski definition) is 2. The second-order valence-corrected chi connectivity index (χ2v) is 7.86. The van der Waals surface area contributed by atoms with Crippen molar-refractivity contribution in [2.75, 3.05) is 5.32 Å². The Balaban J connectivity index is 2.22.